The van der Waals surface area contributed by atoms with E-state index < -0.39 is 6.03 Å². The predicted octanol–water partition coefficient (Wildman–Crippen LogP) is 3.03. The lowest BCUT2D eigenvalue weighted by molar-refractivity contribution is 0.249. The molecule has 1 rings (SSSR count). The van der Waals surface area contributed by atoms with Crippen LogP contribution >= 0.6 is 0 Å². The normalized spacial score (nSPS) is 20.0. The fourth-order valence-electron chi connectivity index (χ4n) is 2.86. The third kappa shape index (κ3) is 4.75. The van der Waals surface area contributed by atoms with Gasteiger partial charge in [0.2, 0.25) is 0 Å². The van der Waals surface area contributed by atoms with Crippen LogP contribution in [0.15, 0.2) is 5.10 Å². The van der Waals surface area contributed by atoms with E-state index in [1.54, 1.807) is 0 Å². The van der Waals surface area contributed by atoms with E-state index >= 15 is 0 Å². The maximum absolute atomic E-state index is 10.7. The summed E-state index contributed by atoms with van der Waals surface area (Å²) in [6, 6.07) is -0.580. The van der Waals surface area contributed by atoms with Crippen molar-refractivity contribution in [2.75, 3.05) is 0 Å². The van der Waals surface area contributed by atoms with Crippen molar-refractivity contribution < 1.29 is 4.79 Å². The number of rotatable bonds is 5. The number of carbonyl (C=O) groups is 1. The van der Waals surface area contributed by atoms with Crippen LogP contribution in [0, 0.1) is 11.8 Å². The SMILES string of the molecule is CCCC(C(C)=NNC(N)=O)C1CCCCC1. The molecule has 0 aromatic rings. The molecule has 0 aromatic heterocycles. The Labute approximate surface area is 104 Å². The molecule has 0 bridgehead atoms. The molecule has 1 unspecified atom stereocenters. The van der Waals surface area contributed by atoms with Crippen LogP contribution < -0.4 is 11.2 Å². The summed E-state index contributed by atoms with van der Waals surface area (Å²) in [4.78, 5) is 10.7. The minimum Gasteiger partial charge on any atom is -0.350 e. The first-order valence-corrected chi connectivity index (χ1v) is 6.74. The highest BCUT2D eigenvalue weighted by Crippen LogP contribution is 2.33. The zero-order valence-corrected chi connectivity index (χ0v) is 11.0. The molecule has 2 amide bonds. The molecule has 1 aliphatic carbocycles. The van der Waals surface area contributed by atoms with Gasteiger partial charge in [0.25, 0.3) is 0 Å². The largest absolute Gasteiger partial charge is 0.350 e. The first kappa shape index (κ1) is 14.0. The van der Waals surface area contributed by atoms with E-state index in [1.165, 1.54) is 32.1 Å². The first-order chi connectivity index (χ1) is 8.15. The molecule has 0 saturated heterocycles. The molecule has 0 spiro atoms. The number of hydrogen-bond acceptors (Lipinski definition) is 2. The Morgan fingerprint density at radius 2 is 2.06 bits per heavy atom. The van der Waals surface area contributed by atoms with Crippen molar-refractivity contribution in [1.82, 2.24) is 5.43 Å². The molecule has 0 aliphatic heterocycles. The minimum absolute atomic E-state index is 0.507. The Bertz CT molecular complexity index is 270. The highest BCUT2D eigenvalue weighted by molar-refractivity contribution is 5.86. The molecular formula is C13H25N3O. The number of nitrogens with zero attached hydrogens (tertiary/aromatic N) is 1. The van der Waals surface area contributed by atoms with E-state index in [2.05, 4.69) is 17.5 Å². The average molecular weight is 239 g/mol. The van der Waals surface area contributed by atoms with Gasteiger partial charge in [-0.3, -0.25) is 0 Å². The minimum atomic E-state index is -0.580. The third-order valence-corrected chi connectivity index (χ3v) is 3.70. The van der Waals surface area contributed by atoms with Crippen LogP contribution in [0.5, 0.6) is 0 Å². The van der Waals surface area contributed by atoms with E-state index in [0.29, 0.717) is 5.92 Å². The van der Waals surface area contributed by atoms with Gasteiger partial charge in [0.1, 0.15) is 0 Å². The highest BCUT2D eigenvalue weighted by Gasteiger charge is 2.25. The lowest BCUT2D eigenvalue weighted by atomic mass is 9.76. The number of nitrogens with one attached hydrogen (secondary N) is 1. The monoisotopic (exact) mass is 239 g/mol. The van der Waals surface area contributed by atoms with Crippen LogP contribution in [0.2, 0.25) is 0 Å². The van der Waals surface area contributed by atoms with Crippen LogP contribution in [-0.4, -0.2) is 11.7 Å². The zero-order valence-electron chi connectivity index (χ0n) is 11.0. The molecule has 1 atom stereocenters. The Morgan fingerprint density at radius 3 is 2.59 bits per heavy atom. The summed E-state index contributed by atoms with van der Waals surface area (Å²) in [5.74, 6) is 1.24. The molecule has 4 nitrogen and oxygen atoms in total. The van der Waals surface area contributed by atoms with E-state index in [4.69, 9.17) is 5.73 Å². The summed E-state index contributed by atoms with van der Waals surface area (Å²) in [7, 11) is 0. The summed E-state index contributed by atoms with van der Waals surface area (Å²) < 4.78 is 0. The Hall–Kier alpha value is -1.06. The second-order valence-corrected chi connectivity index (χ2v) is 5.02. The quantitative estimate of drug-likeness (QED) is 0.562. The van der Waals surface area contributed by atoms with Crippen molar-refractivity contribution in [3.8, 4) is 0 Å². The van der Waals surface area contributed by atoms with Gasteiger partial charge in [-0.1, -0.05) is 32.6 Å². The van der Waals surface area contributed by atoms with Crippen LogP contribution in [0.25, 0.3) is 0 Å². The molecule has 0 aromatic carbocycles. The molecule has 98 valence electrons. The van der Waals surface area contributed by atoms with Crippen LogP contribution in [-0.2, 0) is 0 Å². The zero-order chi connectivity index (χ0) is 12.7. The smallest absolute Gasteiger partial charge is 0.332 e. The lowest BCUT2D eigenvalue weighted by Crippen LogP contribution is -2.29. The molecular weight excluding hydrogens is 214 g/mol. The molecule has 1 fully saturated rings. The van der Waals surface area contributed by atoms with Crippen molar-refractivity contribution in [2.45, 2.75) is 58.8 Å². The van der Waals surface area contributed by atoms with Crippen molar-refractivity contribution in [3.63, 3.8) is 0 Å². The van der Waals surface area contributed by atoms with Crippen molar-refractivity contribution in [1.29, 1.82) is 0 Å². The van der Waals surface area contributed by atoms with Crippen LogP contribution in [0.3, 0.4) is 0 Å². The molecule has 3 N–H and O–H groups in total. The molecule has 0 heterocycles. The van der Waals surface area contributed by atoms with Gasteiger partial charge in [-0.15, -0.1) is 0 Å². The molecule has 17 heavy (non-hydrogen) atoms. The van der Waals surface area contributed by atoms with E-state index in [-0.39, 0.29) is 0 Å². The average Bonchev–Trinajstić information content (AvgIpc) is 2.34. The van der Waals surface area contributed by atoms with Crippen molar-refractivity contribution in [2.24, 2.45) is 22.7 Å². The van der Waals surface area contributed by atoms with Crippen molar-refractivity contribution in [3.05, 3.63) is 0 Å². The summed E-state index contributed by atoms with van der Waals surface area (Å²) in [6.45, 7) is 4.20. The molecule has 1 saturated carbocycles. The highest BCUT2D eigenvalue weighted by atomic mass is 16.2. The maximum atomic E-state index is 10.7. The second kappa shape index (κ2) is 7.30. The standard InChI is InChI=1S/C13H25N3O/c1-3-7-12(10(2)15-16-13(14)17)11-8-5-4-6-9-11/h11-12H,3-9H2,1-2H3,(H3,14,16,17). The number of amides is 2. The van der Waals surface area contributed by atoms with E-state index in [1.807, 2.05) is 6.92 Å². The number of carbonyl (C=O) groups excluding carboxylic acids is 1. The summed E-state index contributed by atoms with van der Waals surface area (Å²) in [5.41, 5.74) is 8.41. The van der Waals surface area contributed by atoms with Crippen LogP contribution in [0.1, 0.15) is 58.8 Å². The molecule has 0 radical (unpaired) electrons. The topological polar surface area (TPSA) is 67.5 Å². The Kier molecular flexibility index (Phi) is 6.01. The van der Waals surface area contributed by atoms with Gasteiger partial charge in [-0.25, -0.2) is 10.2 Å². The first-order valence-electron chi connectivity index (χ1n) is 6.74. The van der Waals surface area contributed by atoms with Gasteiger partial charge in [-0.2, -0.15) is 5.10 Å². The molecule has 1 aliphatic rings. The summed E-state index contributed by atoms with van der Waals surface area (Å²) in [6.07, 6.45) is 8.95. The van der Waals surface area contributed by atoms with Gasteiger partial charge < -0.3 is 5.73 Å². The van der Waals surface area contributed by atoms with Gasteiger partial charge in [0.15, 0.2) is 0 Å². The van der Waals surface area contributed by atoms with E-state index in [9.17, 15) is 4.79 Å². The third-order valence-electron chi connectivity index (χ3n) is 3.70. The Morgan fingerprint density at radius 1 is 1.41 bits per heavy atom. The fraction of sp³-hybridized carbons (Fsp3) is 0.846. The van der Waals surface area contributed by atoms with Crippen LogP contribution in [0.4, 0.5) is 4.79 Å². The lowest BCUT2D eigenvalue weighted by Gasteiger charge is -2.30. The maximum Gasteiger partial charge on any atom is 0.332 e. The predicted molar refractivity (Wildman–Crippen MR) is 70.8 cm³/mol. The van der Waals surface area contributed by atoms with E-state index in [0.717, 1.165) is 24.5 Å². The van der Waals surface area contributed by atoms with Gasteiger partial charge in [-0.05, 0) is 32.1 Å². The van der Waals surface area contributed by atoms with Crippen molar-refractivity contribution >= 4 is 11.7 Å². The number of nitrogens with two attached hydrogens (primary N) is 1. The molecule has 4 heteroatoms. The fourth-order valence-corrected chi connectivity index (χ4v) is 2.86. The van der Waals surface area contributed by atoms with Gasteiger partial charge in [0, 0.05) is 11.6 Å². The number of hydrogen-bond donors (Lipinski definition) is 2. The summed E-state index contributed by atoms with van der Waals surface area (Å²) >= 11 is 0. The summed E-state index contributed by atoms with van der Waals surface area (Å²) in [5, 5.41) is 4.11. The number of hydrazone groups is 1. The van der Waals surface area contributed by atoms with Gasteiger partial charge >= 0.3 is 6.03 Å². The van der Waals surface area contributed by atoms with Gasteiger partial charge in [0.05, 0.1) is 0 Å². The number of primary amides is 1. The second-order valence-electron chi connectivity index (χ2n) is 5.02. The Balaban J connectivity index is 2.62. The number of urea groups is 1.